The number of aromatic nitrogens is 1. The topological polar surface area (TPSA) is 212 Å². The molecule has 4 aromatic carbocycles. The van der Waals surface area contributed by atoms with E-state index in [1.54, 1.807) is 50.7 Å². The van der Waals surface area contributed by atoms with Crippen molar-refractivity contribution in [1.82, 2.24) is 4.98 Å². The molecular weight excluding hydrogens is 1210 g/mol. The molecule has 480 valence electrons. The number of Topliss-reactive ketones (excluding diaryl/α,β-unsaturated/α-hetero) is 1. The van der Waals surface area contributed by atoms with Gasteiger partial charge in [0.1, 0.15) is 5.75 Å². The number of ether oxygens (including phenoxy) is 1. The third-order valence-electron chi connectivity index (χ3n) is 23.9. The lowest BCUT2D eigenvalue weighted by atomic mass is 9.59. The molecule has 0 unspecified atom stereocenters. The molecule has 1 aromatic heterocycles. The van der Waals surface area contributed by atoms with Gasteiger partial charge in [-0.25, -0.2) is 0 Å². The van der Waals surface area contributed by atoms with Crippen LogP contribution >= 0.6 is 43.2 Å². The molecule has 0 amide bonds. The number of phenols is 2. The zero-order valence-electron chi connectivity index (χ0n) is 52.2. The van der Waals surface area contributed by atoms with Gasteiger partial charge in [0.25, 0.3) is 0 Å². The normalized spacial score (nSPS) is 33.6. The minimum absolute atomic E-state index is 0.00281. The van der Waals surface area contributed by atoms with Gasteiger partial charge in [0.15, 0.2) is 23.1 Å². The Kier molecular flexibility index (Phi) is 18.4. The second-order valence-corrected chi connectivity index (χ2v) is 34.0. The Morgan fingerprint density at radius 2 is 1.58 bits per heavy atom. The number of nitrogens with two attached hydrogens (primary N) is 2. The maximum Gasteiger partial charge on any atom is 0.165 e. The first kappa shape index (κ1) is 63.5. The first-order chi connectivity index (χ1) is 44.1. The van der Waals surface area contributed by atoms with E-state index in [1.165, 1.54) is 43.2 Å². The molecule has 10 N–H and O–H groups in total. The number of carbonyl (C=O) groups is 2. The highest BCUT2D eigenvalue weighted by molar-refractivity contribution is 8.77. The predicted octanol–water partition coefficient (Wildman–Crippen LogP) is 14.2. The number of nitrogens with one attached hydrogen (secondary N) is 1. The molecule has 3 heterocycles. The molecule has 5 aromatic rings. The maximum atomic E-state index is 14.7. The van der Waals surface area contributed by atoms with Crippen LogP contribution in [0, 0.1) is 64.1 Å². The number of hydrogen-bond donors (Lipinski definition) is 8. The Bertz CT molecular complexity index is 3680. The lowest BCUT2D eigenvalue weighted by molar-refractivity contribution is -0.114. The fourth-order valence-corrected chi connectivity index (χ4v) is 25.0. The van der Waals surface area contributed by atoms with Gasteiger partial charge in [0.2, 0.25) is 0 Å². The molecule has 15 heteroatoms. The van der Waals surface area contributed by atoms with Gasteiger partial charge < -0.3 is 46.7 Å². The van der Waals surface area contributed by atoms with Gasteiger partial charge in [0.05, 0.1) is 42.3 Å². The molecule has 7 aliphatic carbocycles. The van der Waals surface area contributed by atoms with Crippen molar-refractivity contribution in [2.45, 2.75) is 169 Å². The van der Waals surface area contributed by atoms with Crippen LogP contribution in [-0.2, 0) is 36.2 Å². The standard InChI is InChI=1S/C76H89N3O8S4/c77-72(78)61-35-49-8-5-11-66-58(22-29-79-66)69(84)37-62-59(49)36-51(61)42-88-89-43-54-40-74(28-21-55(81)16-12-46-14-18-68(83)70(32-46)87-30-23-47-13-17-67(82)63(62)31-47)45-76(54,86)71-19-15-52(74)33-50-38-75(85,53-20-27-73(39-53)24-3-4-25-73)26-6-10-57-60(50)34-48-7-1-2-9-56(48)64(41-80)65(57)44-90-91-71/h1-2,7,9,13-15,17-19,21-22,28-29,31-32,35-36,50,52-54,57,60,62,64-65,71-72,79-80,82-83,85-86H,3-4,6,10-12,16,20,23-27,30,33-34,37-45,77-78H2/b28-21+/t50-,52-,53+,54+,57+,60-,62+,64-,65-,71+,74-,75+,76+/m0/s1. The smallest absolute Gasteiger partial charge is 0.165 e. The van der Waals surface area contributed by atoms with Gasteiger partial charge >= 0.3 is 0 Å². The van der Waals surface area contributed by atoms with E-state index in [0.717, 1.165) is 90.6 Å². The molecule has 4 fully saturated rings. The predicted molar refractivity (Wildman–Crippen MR) is 368 cm³/mol. The molecule has 14 rings (SSSR count). The fourth-order valence-electron chi connectivity index (χ4n) is 19.2. The first-order valence-corrected chi connectivity index (χ1v) is 38.7. The van der Waals surface area contributed by atoms with Crippen molar-refractivity contribution in [3.05, 3.63) is 171 Å². The summed E-state index contributed by atoms with van der Waals surface area (Å²) < 4.78 is 6.32. The van der Waals surface area contributed by atoms with Crippen LogP contribution in [0.4, 0.5) is 0 Å². The Balaban J connectivity index is 0.854. The number of hydrogen-bond acceptors (Lipinski definition) is 14. The van der Waals surface area contributed by atoms with E-state index < -0.39 is 28.7 Å². The molecule has 4 saturated carbocycles. The van der Waals surface area contributed by atoms with Crippen LogP contribution in [0.2, 0.25) is 0 Å². The quantitative estimate of drug-likeness (QED) is 0.0366. The summed E-state index contributed by atoms with van der Waals surface area (Å²) in [5.74, 6) is 9.45. The lowest BCUT2D eigenvalue weighted by Gasteiger charge is -2.48. The van der Waals surface area contributed by atoms with Gasteiger partial charge in [-0.3, -0.25) is 9.59 Å². The number of H-pyrrole nitrogens is 1. The van der Waals surface area contributed by atoms with Gasteiger partial charge in [-0.2, -0.15) is 0 Å². The number of aryl methyl sites for hydroxylation is 1. The summed E-state index contributed by atoms with van der Waals surface area (Å²) in [6.07, 6.45) is 26.3. The van der Waals surface area contributed by atoms with Crippen LogP contribution in [0.15, 0.2) is 109 Å². The zero-order chi connectivity index (χ0) is 62.7. The van der Waals surface area contributed by atoms with Crippen LogP contribution < -0.4 is 16.2 Å². The van der Waals surface area contributed by atoms with E-state index in [4.69, 9.17) is 16.2 Å². The van der Waals surface area contributed by atoms with Gasteiger partial charge in [-0.15, -0.1) is 0 Å². The largest absolute Gasteiger partial charge is 0.508 e. The van der Waals surface area contributed by atoms with Crippen molar-refractivity contribution in [2.24, 2.45) is 63.7 Å². The number of aliphatic hydroxyl groups is 3. The van der Waals surface area contributed by atoms with E-state index in [1.807, 2.05) is 53.3 Å². The van der Waals surface area contributed by atoms with Crippen LogP contribution in [0.1, 0.15) is 187 Å². The molecule has 11 nitrogen and oxygen atoms in total. The number of fused-ring (bicyclic) bond motifs is 14. The third kappa shape index (κ3) is 12.6. The summed E-state index contributed by atoms with van der Waals surface area (Å²) in [6.45, 7) is 0.289. The highest BCUT2D eigenvalue weighted by atomic mass is 33.1. The average molecular weight is 1300 g/mol. The summed E-state index contributed by atoms with van der Waals surface area (Å²) in [5, 5.41) is 62.1. The van der Waals surface area contributed by atoms with E-state index in [0.29, 0.717) is 77.4 Å². The Morgan fingerprint density at radius 3 is 2.43 bits per heavy atom. The van der Waals surface area contributed by atoms with Crippen molar-refractivity contribution in [1.29, 1.82) is 0 Å². The fraction of sp³-hybridized carbons (Fsp3) is 0.526. The molecule has 91 heavy (non-hydrogen) atoms. The maximum absolute atomic E-state index is 14.7. The van der Waals surface area contributed by atoms with E-state index in [-0.39, 0.29) is 95.8 Å². The van der Waals surface area contributed by atoms with Crippen molar-refractivity contribution < 1.29 is 39.9 Å². The van der Waals surface area contributed by atoms with E-state index in [2.05, 4.69) is 65.4 Å². The van der Waals surface area contributed by atoms with Gasteiger partial charge in [-0.05, 0) is 211 Å². The Hall–Kier alpha value is -4.86. The molecule has 0 radical (unpaired) electrons. The molecule has 9 aliphatic rings. The summed E-state index contributed by atoms with van der Waals surface area (Å²) in [4.78, 5) is 32.4. The monoisotopic (exact) mass is 1300 g/mol. The van der Waals surface area contributed by atoms with Crippen LogP contribution in [0.5, 0.6) is 17.2 Å². The molecule has 13 atom stereocenters. The molecule has 15 bridgehead atoms. The van der Waals surface area contributed by atoms with Crippen LogP contribution in [0.25, 0.3) is 0 Å². The molecule has 2 spiro atoms. The minimum Gasteiger partial charge on any atom is -0.508 e. The number of ketones is 2. The summed E-state index contributed by atoms with van der Waals surface area (Å²) in [7, 11) is 7.11. The minimum atomic E-state index is -1.15. The Labute approximate surface area is 552 Å². The van der Waals surface area contributed by atoms with E-state index in [9.17, 15) is 35.1 Å². The van der Waals surface area contributed by atoms with E-state index >= 15 is 0 Å². The number of phenolic OH excluding ortho intramolecular Hbond substituents is 2. The molecular formula is C76H89N3O8S4. The number of benzene rings is 4. The first-order valence-electron chi connectivity index (χ1n) is 33.8. The second-order valence-electron chi connectivity index (χ2n) is 29.0. The zero-order valence-corrected chi connectivity index (χ0v) is 55.4. The van der Waals surface area contributed by atoms with Crippen molar-refractivity contribution in [3.8, 4) is 29.1 Å². The van der Waals surface area contributed by atoms with Crippen molar-refractivity contribution in [2.75, 3.05) is 24.7 Å². The molecule has 2 aliphatic heterocycles. The summed E-state index contributed by atoms with van der Waals surface area (Å²) >= 11 is 0. The number of allylic oxidation sites excluding steroid dienone is 3. The highest BCUT2D eigenvalue weighted by Gasteiger charge is 2.61. The number of aliphatic hydroxyl groups excluding tert-OH is 1. The number of aromatic hydroxyl groups is 2. The highest BCUT2D eigenvalue weighted by Crippen LogP contribution is 2.65. The molecule has 0 saturated heterocycles. The summed E-state index contributed by atoms with van der Waals surface area (Å²) in [5.41, 5.74) is 20.6. The van der Waals surface area contributed by atoms with Crippen molar-refractivity contribution in [3.63, 3.8) is 0 Å². The van der Waals surface area contributed by atoms with Crippen molar-refractivity contribution >= 4 is 54.7 Å². The summed E-state index contributed by atoms with van der Waals surface area (Å²) in [6, 6.07) is 25.5. The van der Waals surface area contributed by atoms with Crippen LogP contribution in [-0.4, -0.2) is 83.3 Å². The Morgan fingerprint density at radius 1 is 0.747 bits per heavy atom. The number of aromatic amines is 1. The SMILES string of the molecule is NC(N)c1cc2c3cc1CSSC[C@H]1C[C@@]4(/C=C/C(=O)CCc5ccc(O)c(c5)OCCc5ccc(O)c(c5)[C@@H]3CC(=O)c3cc[nH]c3CC#C2)C[C@]1(O)[C@H]1C=C[C@H]4C[C@H]2C[C@@](O)([C@@H]3CCC4(CCCC4)C3)CCC[C@@H]3[C@H]2Cc2ccccc2[C@H](CO)[C@H]3CSS1. The van der Waals surface area contributed by atoms with Gasteiger partial charge in [0, 0.05) is 76.9 Å². The number of rotatable bonds is 3. The second kappa shape index (κ2) is 26.4. The average Bonchev–Trinajstić information content (AvgIpc) is 1.59. The van der Waals surface area contributed by atoms with Gasteiger partial charge in [-0.1, -0.05) is 141 Å². The lowest BCUT2D eigenvalue weighted by Crippen LogP contribution is -2.46. The number of carbonyl (C=O) groups excluding carboxylic acids is 2. The third-order valence-corrected chi connectivity index (χ3v) is 29.2. The van der Waals surface area contributed by atoms with Crippen LogP contribution in [0.3, 0.4) is 0 Å².